The number of benzene rings is 3. The molecule has 8 fully saturated rings. The van der Waals surface area contributed by atoms with Gasteiger partial charge in [0.05, 0.1) is 30.7 Å². The van der Waals surface area contributed by atoms with Gasteiger partial charge in [0.15, 0.2) is 22.4 Å². The minimum absolute atomic E-state index is 0. The van der Waals surface area contributed by atoms with Crippen molar-refractivity contribution in [1.82, 2.24) is 24.5 Å². The second kappa shape index (κ2) is 32.7. The predicted octanol–water partition coefficient (Wildman–Crippen LogP) is 14.3. The zero-order valence-electron chi connectivity index (χ0n) is 61.1. The van der Waals surface area contributed by atoms with Crippen molar-refractivity contribution in [2.75, 3.05) is 70.5 Å². The van der Waals surface area contributed by atoms with Gasteiger partial charge in [0.2, 0.25) is 0 Å². The van der Waals surface area contributed by atoms with Crippen molar-refractivity contribution in [2.45, 2.75) is 222 Å². The van der Waals surface area contributed by atoms with Crippen LogP contribution in [0.2, 0.25) is 0 Å². The van der Waals surface area contributed by atoms with Crippen molar-refractivity contribution in [3.8, 4) is 47.4 Å². The molecule has 4 spiro atoms. The van der Waals surface area contributed by atoms with E-state index in [9.17, 15) is 19.2 Å². The van der Waals surface area contributed by atoms with Gasteiger partial charge in [-0.3, -0.25) is 24.5 Å². The summed E-state index contributed by atoms with van der Waals surface area (Å²) in [6, 6.07) is 25.5. The Kier molecular flexibility index (Phi) is 23.8. The summed E-state index contributed by atoms with van der Waals surface area (Å²) in [6.07, 6.45) is 35.6. The summed E-state index contributed by atoms with van der Waals surface area (Å²) in [5.74, 6) is 25.5. The Morgan fingerprint density at radius 1 is 0.468 bits per heavy atom. The number of carbonyl (C=O) groups excluding carboxylic acids is 4. The Morgan fingerprint density at radius 3 is 1.09 bits per heavy atom. The lowest BCUT2D eigenvalue weighted by Gasteiger charge is -2.38. The van der Waals surface area contributed by atoms with Crippen molar-refractivity contribution >= 4 is 53.3 Å². The highest BCUT2D eigenvalue weighted by molar-refractivity contribution is 5.92. The number of fused-ring (bicyclic) bond motifs is 12. The molecule has 0 amide bonds. The van der Waals surface area contributed by atoms with E-state index < -0.39 is 22.4 Å². The van der Waals surface area contributed by atoms with E-state index in [1.54, 1.807) is 36.4 Å². The van der Waals surface area contributed by atoms with Crippen molar-refractivity contribution in [1.29, 1.82) is 0 Å². The number of piperidine rings is 4. The average Bonchev–Trinajstić information content (AvgIpc) is 1.57. The molecule has 4 aliphatic carbocycles. The molecule has 570 valence electrons. The first-order chi connectivity index (χ1) is 51.1. The highest BCUT2D eigenvalue weighted by Gasteiger charge is 2.65. The molecule has 19 heteroatoms. The normalized spacial score (nSPS) is 30.5. The largest absolute Gasteiger partial charge is 0.449 e. The minimum atomic E-state index is -0.508. The van der Waals surface area contributed by atoms with Gasteiger partial charge in [-0.25, -0.2) is 19.2 Å². The number of azide groups is 1. The number of nitrogens with two attached hydrogens (primary N) is 1. The highest BCUT2D eigenvalue weighted by atomic mass is 35.5. The third-order valence-electron chi connectivity index (χ3n) is 24.6. The summed E-state index contributed by atoms with van der Waals surface area (Å²) < 4.78 is 23.7. The lowest BCUT2D eigenvalue weighted by molar-refractivity contribution is -0.149. The van der Waals surface area contributed by atoms with Crippen LogP contribution < -0.4 is 10.6 Å². The molecule has 109 heavy (non-hydrogen) atoms. The fourth-order valence-corrected chi connectivity index (χ4v) is 20.3. The van der Waals surface area contributed by atoms with Crippen LogP contribution in [0, 0.1) is 47.4 Å². The molecule has 3 aromatic carbocycles. The van der Waals surface area contributed by atoms with Crippen LogP contribution in [0.4, 0.5) is 17.1 Å². The maximum atomic E-state index is 12.2. The van der Waals surface area contributed by atoms with E-state index in [1.165, 1.54) is 51.4 Å². The van der Waals surface area contributed by atoms with Crippen molar-refractivity contribution in [3.63, 3.8) is 0 Å². The molecule has 8 bridgehead atoms. The molecule has 16 aliphatic rings. The molecule has 2 N–H and O–H groups in total. The number of hydrogen-bond acceptors (Lipinski definition) is 16. The first-order valence-corrected chi connectivity index (χ1v) is 38.4. The Labute approximate surface area is 651 Å². The summed E-state index contributed by atoms with van der Waals surface area (Å²) in [6.45, 7) is 11.7. The number of ether oxygens (including phenoxy) is 4. The lowest BCUT2D eigenvalue weighted by atomic mass is 9.77. The molecule has 12 heterocycles. The number of nitrogen functional groups attached to an aromatic ring is 1. The van der Waals surface area contributed by atoms with Gasteiger partial charge in [0, 0.05) is 171 Å². The number of esters is 4. The van der Waals surface area contributed by atoms with Gasteiger partial charge in [-0.05, 0) is 170 Å². The van der Waals surface area contributed by atoms with E-state index in [0.29, 0.717) is 41.9 Å². The molecule has 0 radical (unpaired) electrons. The highest BCUT2D eigenvalue weighted by Crippen LogP contribution is 2.58. The number of nitrogens with zero attached hydrogens (tertiary/aromatic N) is 9. The van der Waals surface area contributed by atoms with Crippen LogP contribution in [0.25, 0.3) is 10.4 Å². The van der Waals surface area contributed by atoms with Gasteiger partial charge in [-0.1, -0.05) is 151 Å². The van der Waals surface area contributed by atoms with Crippen LogP contribution in [0.1, 0.15) is 168 Å². The Bertz CT molecular complexity index is 4640. The molecule has 3 aromatic rings. The van der Waals surface area contributed by atoms with E-state index >= 15 is 0 Å². The predicted molar refractivity (Wildman–Crippen MR) is 431 cm³/mol. The third kappa shape index (κ3) is 14.7. The summed E-state index contributed by atoms with van der Waals surface area (Å²) in [5, 5.41) is 3.57. The molecule has 0 saturated carbocycles. The third-order valence-corrected chi connectivity index (χ3v) is 24.6. The van der Waals surface area contributed by atoms with E-state index in [2.05, 4.69) is 137 Å². The number of halogens is 1. The average molecular weight is 1490 g/mol. The van der Waals surface area contributed by atoms with Crippen molar-refractivity contribution in [2.24, 2.45) is 5.11 Å². The van der Waals surface area contributed by atoms with Crippen LogP contribution >= 0.6 is 12.4 Å². The van der Waals surface area contributed by atoms with Crippen molar-refractivity contribution in [3.05, 3.63) is 193 Å². The first-order valence-electron chi connectivity index (χ1n) is 38.4. The van der Waals surface area contributed by atoms with Crippen LogP contribution in [0.3, 0.4) is 0 Å². The maximum absolute atomic E-state index is 12.2. The van der Waals surface area contributed by atoms with Crippen LogP contribution in [0.15, 0.2) is 171 Å². The molecule has 19 rings (SSSR count). The number of rotatable bonds is 7. The summed E-state index contributed by atoms with van der Waals surface area (Å²) >= 11 is 0. The molecule has 12 atom stereocenters. The van der Waals surface area contributed by atoms with Crippen molar-refractivity contribution < 1.29 is 38.1 Å². The topological polar surface area (TPSA) is 199 Å². The van der Waals surface area contributed by atoms with Gasteiger partial charge in [0.25, 0.3) is 0 Å². The fourth-order valence-electron chi connectivity index (χ4n) is 20.3. The Morgan fingerprint density at radius 2 is 0.780 bits per heavy atom. The zero-order valence-corrected chi connectivity index (χ0v) is 61.9. The molecule has 0 aromatic heterocycles. The quantitative estimate of drug-likeness (QED) is 0.0445. The molecule has 8 saturated heterocycles. The molecular formula is C90H105ClN10O8. The molecule has 18 nitrogen and oxygen atoms in total. The molecular weight excluding hydrogens is 1380 g/mol. The maximum Gasteiger partial charge on any atom is 0.332 e. The summed E-state index contributed by atoms with van der Waals surface area (Å²) in [7, 11) is 4.06. The number of hydrogen-bond donors (Lipinski definition) is 1. The van der Waals surface area contributed by atoms with E-state index in [4.69, 9.17) is 30.2 Å². The van der Waals surface area contributed by atoms with E-state index in [-0.39, 0.29) is 70.6 Å². The molecule has 0 unspecified atom stereocenters. The Balaban J connectivity index is 0.000000134. The minimum Gasteiger partial charge on any atom is -0.449 e. The monoisotopic (exact) mass is 1490 g/mol. The second-order valence-electron chi connectivity index (χ2n) is 31.0. The fraction of sp³-hybridized carbons (Fsp3) is 0.489. The van der Waals surface area contributed by atoms with E-state index in [1.807, 2.05) is 62.6 Å². The van der Waals surface area contributed by atoms with E-state index in [0.717, 1.165) is 183 Å². The van der Waals surface area contributed by atoms with Gasteiger partial charge >= 0.3 is 23.9 Å². The van der Waals surface area contributed by atoms with Crippen LogP contribution in [-0.4, -0.2) is 179 Å². The first kappa shape index (κ1) is 79.3. The standard InChI is InChI=1S/C23H24N2O2.C22H30N2O2.C21H18N4O2.C21H20N2O2.3CH4.ClH/c1-24(2)18-10-7-16(8-11-18)6-9-17-13-19-15-23(20(17)14-22(26)27-23)21-5-3-4-12-25(19)21;1-3-10-23(11-4-2)12-7-8-17-14-18-16-22(19(17)15-21(25)26-22)20-9-5-6-13-24(18)20;22-24-23-16-8-5-14(6-9-16)4-7-15-11-17-13-21(18(15)12-20(26)27-21)19-3-1-2-10-25(17)19;22-16-8-5-14(6-9-16)4-7-15-11-17-13-21(18(15)12-20(24)25-21)19-3-1-2-10-23(17)19;;;;/h7-8,10-11,13-14,19,21H,3-5,12,15H2,1-2H3;14-15,18,20H,3-6,9-13,16H2,1-2H3;5-6,8-9,11-12,17,19H,1-3,10,13H2;5-6,8-9,11-12,17,19H,1-3,10,13,22H2;3*1H4;1H/t19-,21-,23+;18-,20-,22+;2*17-,19-,21+;;;;/m1111..../s1. The Hall–Kier alpha value is -9.30. The summed E-state index contributed by atoms with van der Waals surface area (Å²) in [5.41, 5.74) is 25.4. The van der Waals surface area contributed by atoms with Gasteiger partial charge < -0.3 is 29.6 Å². The smallest absolute Gasteiger partial charge is 0.332 e. The molecule has 12 aliphatic heterocycles. The van der Waals surface area contributed by atoms with Gasteiger partial charge in [-0.2, -0.15) is 0 Å². The number of anilines is 2. The van der Waals surface area contributed by atoms with Crippen LogP contribution in [0.5, 0.6) is 0 Å². The summed E-state index contributed by atoms with van der Waals surface area (Å²) in [4.78, 5) is 66.0. The van der Waals surface area contributed by atoms with Gasteiger partial charge in [0.1, 0.15) is 0 Å². The SMILES string of the molecule is C.C.C.CCCN(CC#CC1=C[C@@H]2C[C@@]3(OC(=O)C=C13)[C@H]1CCCCN21)CCC.CN(C)c1ccc(C#CC2=C[C@@H]3C[C@@]4(OC(=O)C=C24)[C@H]2CCCCN32)cc1.Cl.Nc1ccc(C#CC2=C[C@@H]3C[C@@]4(OC(=O)C=C24)[C@H]2CCCCN32)cc1.[N-]=[N+]=Nc1ccc(C#CC2=C[C@@H]3C[C@@]4(OC(=O)C=C24)[C@H]2CCCCN32)cc1. The zero-order chi connectivity index (χ0) is 72.2. The number of carbonyl (C=O) groups is 4. The second-order valence-corrected chi connectivity index (χ2v) is 31.0. The lowest BCUT2D eigenvalue weighted by Crippen LogP contribution is -2.48. The van der Waals surface area contributed by atoms with Crippen LogP contribution in [-0.2, 0) is 38.1 Å². The van der Waals surface area contributed by atoms with Gasteiger partial charge in [-0.15, -0.1) is 12.4 Å².